The number of hydrogen-bond acceptors (Lipinski definition) is 4. The van der Waals surface area contributed by atoms with E-state index in [1.54, 1.807) is 7.11 Å². The number of rotatable bonds is 7. The lowest BCUT2D eigenvalue weighted by atomic mass is 10.1. The average molecular weight is 286 g/mol. The number of ether oxygens (including phenoxy) is 1. The van der Waals surface area contributed by atoms with Crippen molar-refractivity contribution in [1.82, 2.24) is 9.55 Å². The van der Waals surface area contributed by atoms with Crippen molar-refractivity contribution in [2.45, 2.75) is 50.9 Å². The van der Waals surface area contributed by atoms with Crippen LogP contribution in [0.25, 0.3) is 0 Å². The van der Waals surface area contributed by atoms with Gasteiger partial charge in [0.2, 0.25) is 0 Å². The summed E-state index contributed by atoms with van der Waals surface area (Å²) in [7, 11) is 1.68. The number of imidazole rings is 1. The van der Waals surface area contributed by atoms with E-state index in [1.807, 2.05) is 20.0 Å². The SMILES string of the molecule is COC(C)(C)Cn1c(C(C)C)cnc1SCC(=O)O. The van der Waals surface area contributed by atoms with Crippen LogP contribution in [0.2, 0.25) is 0 Å². The fourth-order valence-corrected chi connectivity index (χ4v) is 2.38. The Morgan fingerprint density at radius 1 is 1.58 bits per heavy atom. The highest BCUT2D eigenvalue weighted by Crippen LogP contribution is 2.26. The summed E-state index contributed by atoms with van der Waals surface area (Å²) in [4.78, 5) is 15.0. The lowest BCUT2D eigenvalue weighted by molar-refractivity contribution is -0.133. The van der Waals surface area contributed by atoms with Crippen LogP contribution in [0.4, 0.5) is 0 Å². The minimum Gasteiger partial charge on any atom is -0.481 e. The number of carbonyl (C=O) groups is 1. The molecule has 0 radical (unpaired) electrons. The summed E-state index contributed by atoms with van der Waals surface area (Å²) < 4.78 is 7.51. The number of aliphatic carboxylic acids is 1. The zero-order chi connectivity index (χ0) is 14.6. The highest BCUT2D eigenvalue weighted by molar-refractivity contribution is 7.99. The van der Waals surface area contributed by atoms with Crippen molar-refractivity contribution in [2.75, 3.05) is 12.9 Å². The molecule has 6 heteroatoms. The summed E-state index contributed by atoms with van der Waals surface area (Å²) in [6.07, 6.45) is 1.82. The summed E-state index contributed by atoms with van der Waals surface area (Å²) in [6.45, 7) is 8.85. The van der Waals surface area contributed by atoms with Crippen LogP contribution in [0.1, 0.15) is 39.3 Å². The van der Waals surface area contributed by atoms with Gasteiger partial charge in [0, 0.05) is 19.0 Å². The van der Waals surface area contributed by atoms with Gasteiger partial charge in [-0.05, 0) is 19.8 Å². The maximum atomic E-state index is 10.7. The van der Waals surface area contributed by atoms with Gasteiger partial charge in [0.15, 0.2) is 5.16 Å². The monoisotopic (exact) mass is 286 g/mol. The van der Waals surface area contributed by atoms with Crippen LogP contribution in [-0.4, -0.2) is 39.1 Å². The number of thioether (sulfide) groups is 1. The van der Waals surface area contributed by atoms with Crippen molar-refractivity contribution in [3.63, 3.8) is 0 Å². The molecule has 0 bridgehead atoms. The van der Waals surface area contributed by atoms with E-state index in [4.69, 9.17) is 9.84 Å². The van der Waals surface area contributed by atoms with Crippen LogP contribution >= 0.6 is 11.8 Å². The van der Waals surface area contributed by atoms with Gasteiger partial charge in [0.25, 0.3) is 0 Å². The maximum absolute atomic E-state index is 10.7. The molecule has 0 fully saturated rings. The maximum Gasteiger partial charge on any atom is 0.313 e. The summed E-state index contributed by atoms with van der Waals surface area (Å²) >= 11 is 1.24. The van der Waals surface area contributed by atoms with Crippen LogP contribution < -0.4 is 0 Å². The van der Waals surface area contributed by atoms with Crippen LogP contribution in [0, 0.1) is 0 Å². The number of carboxylic acids is 1. The molecule has 0 spiro atoms. The third-order valence-electron chi connectivity index (χ3n) is 2.86. The number of methoxy groups -OCH3 is 1. The molecule has 5 nitrogen and oxygen atoms in total. The van der Waals surface area contributed by atoms with E-state index in [9.17, 15) is 4.79 Å². The quantitative estimate of drug-likeness (QED) is 0.781. The normalized spacial score (nSPS) is 12.1. The highest BCUT2D eigenvalue weighted by Gasteiger charge is 2.22. The molecule has 0 saturated carbocycles. The Morgan fingerprint density at radius 2 is 2.21 bits per heavy atom. The second-order valence-corrected chi connectivity index (χ2v) is 6.30. The fraction of sp³-hybridized carbons (Fsp3) is 0.692. The Labute approximate surface area is 118 Å². The van der Waals surface area contributed by atoms with Gasteiger partial charge in [-0.1, -0.05) is 25.6 Å². The Kier molecular flexibility index (Phi) is 5.43. The predicted molar refractivity (Wildman–Crippen MR) is 75.8 cm³/mol. The lowest BCUT2D eigenvalue weighted by Gasteiger charge is -2.26. The molecule has 0 aliphatic heterocycles. The number of carboxylic acid groups (broad SMARTS) is 1. The van der Waals surface area contributed by atoms with Gasteiger partial charge in [-0.3, -0.25) is 4.79 Å². The first kappa shape index (κ1) is 16.0. The molecule has 108 valence electrons. The van der Waals surface area contributed by atoms with Crippen molar-refractivity contribution < 1.29 is 14.6 Å². The molecule has 0 amide bonds. The smallest absolute Gasteiger partial charge is 0.313 e. The standard InChI is InChI=1S/C13H22N2O3S/c1-9(2)10-6-14-12(19-7-11(16)17)15(10)8-13(3,4)18-5/h6,9H,7-8H2,1-5H3,(H,16,17). The molecule has 1 N–H and O–H groups in total. The van der Waals surface area contributed by atoms with Crippen molar-refractivity contribution in [2.24, 2.45) is 0 Å². The van der Waals surface area contributed by atoms with Gasteiger partial charge in [0.05, 0.1) is 17.9 Å². The highest BCUT2D eigenvalue weighted by atomic mass is 32.2. The predicted octanol–water partition coefficient (Wildman–Crippen LogP) is 2.61. The van der Waals surface area contributed by atoms with E-state index in [0.717, 1.165) is 10.9 Å². The molecule has 1 aromatic heterocycles. The second-order valence-electron chi connectivity index (χ2n) is 5.35. The van der Waals surface area contributed by atoms with Crippen molar-refractivity contribution in [3.8, 4) is 0 Å². The Hall–Kier alpha value is -1.01. The molecular weight excluding hydrogens is 264 g/mol. The summed E-state index contributed by atoms with van der Waals surface area (Å²) in [6, 6.07) is 0. The Bertz CT molecular complexity index is 441. The first-order valence-corrected chi connectivity index (χ1v) is 7.20. The van der Waals surface area contributed by atoms with Crippen LogP contribution in [0.3, 0.4) is 0 Å². The topological polar surface area (TPSA) is 64.4 Å². The van der Waals surface area contributed by atoms with Gasteiger partial charge in [-0.25, -0.2) is 4.98 Å². The van der Waals surface area contributed by atoms with Gasteiger partial charge >= 0.3 is 5.97 Å². The van der Waals surface area contributed by atoms with Crippen molar-refractivity contribution >= 4 is 17.7 Å². The van der Waals surface area contributed by atoms with Crippen LogP contribution in [0.15, 0.2) is 11.4 Å². The summed E-state index contributed by atoms with van der Waals surface area (Å²) in [5.41, 5.74) is 0.779. The molecule has 0 aromatic carbocycles. The molecule has 0 atom stereocenters. The largest absolute Gasteiger partial charge is 0.481 e. The second kappa shape index (κ2) is 6.43. The Morgan fingerprint density at radius 3 is 2.68 bits per heavy atom. The Balaban J connectivity index is 3.01. The first-order valence-electron chi connectivity index (χ1n) is 6.22. The molecule has 0 aliphatic carbocycles. The van der Waals surface area contributed by atoms with E-state index in [2.05, 4.69) is 23.4 Å². The summed E-state index contributed by atoms with van der Waals surface area (Å²) in [5, 5.41) is 9.51. The average Bonchev–Trinajstić information content (AvgIpc) is 2.69. The van der Waals surface area contributed by atoms with Gasteiger partial charge < -0.3 is 14.4 Å². The van der Waals surface area contributed by atoms with Gasteiger partial charge in [-0.2, -0.15) is 0 Å². The van der Waals surface area contributed by atoms with E-state index in [-0.39, 0.29) is 11.4 Å². The van der Waals surface area contributed by atoms with Gasteiger partial charge in [-0.15, -0.1) is 0 Å². The minimum atomic E-state index is -0.836. The zero-order valence-corrected chi connectivity index (χ0v) is 13.0. The number of aromatic nitrogens is 2. The van der Waals surface area contributed by atoms with E-state index >= 15 is 0 Å². The van der Waals surface area contributed by atoms with Crippen molar-refractivity contribution in [1.29, 1.82) is 0 Å². The first-order chi connectivity index (χ1) is 8.76. The fourth-order valence-electron chi connectivity index (χ4n) is 1.68. The van der Waals surface area contributed by atoms with E-state index in [1.165, 1.54) is 11.8 Å². The number of hydrogen-bond donors (Lipinski definition) is 1. The molecule has 1 heterocycles. The molecule has 1 aromatic rings. The van der Waals surface area contributed by atoms with Crippen molar-refractivity contribution in [3.05, 3.63) is 11.9 Å². The zero-order valence-electron chi connectivity index (χ0n) is 12.1. The van der Waals surface area contributed by atoms with Crippen LogP contribution in [0.5, 0.6) is 0 Å². The van der Waals surface area contributed by atoms with E-state index in [0.29, 0.717) is 12.5 Å². The van der Waals surface area contributed by atoms with E-state index < -0.39 is 5.97 Å². The molecular formula is C13H22N2O3S. The van der Waals surface area contributed by atoms with Gasteiger partial charge in [0.1, 0.15) is 0 Å². The lowest BCUT2D eigenvalue weighted by Crippen LogP contribution is -2.30. The third kappa shape index (κ3) is 4.54. The minimum absolute atomic E-state index is 0.0158. The summed E-state index contributed by atoms with van der Waals surface area (Å²) in [5.74, 6) is -0.488. The van der Waals surface area contributed by atoms with Crippen LogP contribution in [-0.2, 0) is 16.1 Å². The molecule has 0 unspecified atom stereocenters. The number of nitrogens with zero attached hydrogens (tertiary/aromatic N) is 2. The molecule has 19 heavy (non-hydrogen) atoms. The molecule has 1 rings (SSSR count). The molecule has 0 aliphatic rings. The molecule has 0 saturated heterocycles. The third-order valence-corrected chi connectivity index (χ3v) is 3.83.